The van der Waals surface area contributed by atoms with Crippen LogP contribution < -0.4 is 0 Å². The van der Waals surface area contributed by atoms with Crippen molar-refractivity contribution in [2.24, 2.45) is 5.92 Å². The number of aliphatic hydroxyl groups excluding tert-OH is 1. The van der Waals surface area contributed by atoms with Gasteiger partial charge in [0, 0.05) is 19.5 Å². The summed E-state index contributed by atoms with van der Waals surface area (Å²) in [6.07, 6.45) is 2.05. The van der Waals surface area contributed by atoms with E-state index in [1.165, 1.54) is 0 Å². The molecule has 4 heteroatoms. The van der Waals surface area contributed by atoms with Crippen LogP contribution >= 0.6 is 11.8 Å². The minimum Gasteiger partial charge on any atom is -0.392 e. The van der Waals surface area contributed by atoms with Crippen molar-refractivity contribution in [3.63, 3.8) is 0 Å². The summed E-state index contributed by atoms with van der Waals surface area (Å²) in [4.78, 5) is 0. The maximum absolute atomic E-state index is 9.55. The fourth-order valence-electron chi connectivity index (χ4n) is 1.55. The van der Waals surface area contributed by atoms with Crippen LogP contribution in [-0.2, 0) is 9.47 Å². The second-order valence-electron chi connectivity index (χ2n) is 3.61. The fraction of sp³-hybridized carbons (Fsp3) is 1.00. The third-order valence-electron chi connectivity index (χ3n) is 2.46. The molecule has 2 unspecified atom stereocenters. The summed E-state index contributed by atoms with van der Waals surface area (Å²) in [5.41, 5.74) is 0. The largest absolute Gasteiger partial charge is 0.392 e. The topological polar surface area (TPSA) is 38.7 Å². The van der Waals surface area contributed by atoms with Crippen LogP contribution in [0.25, 0.3) is 0 Å². The van der Waals surface area contributed by atoms with Gasteiger partial charge in [-0.2, -0.15) is 11.8 Å². The second kappa shape index (κ2) is 7.51. The minimum atomic E-state index is -0.0843. The zero-order valence-electron chi connectivity index (χ0n) is 8.78. The van der Waals surface area contributed by atoms with Crippen molar-refractivity contribution in [3.8, 4) is 0 Å². The van der Waals surface area contributed by atoms with Crippen molar-refractivity contribution < 1.29 is 14.6 Å². The molecule has 1 rings (SSSR count). The van der Waals surface area contributed by atoms with Gasteiger partial charge in [0.2, 0.25) is 0 Å². The van der Waals surface area contributed by atoms with E-state index in [1.54, 1.807) is 7.11 Å². The zero-order valence-corrected chi connectivity index (χ0v) is 9.59. The van der Waals surface area contributed by atoms with Crippen molar-refractivity contribution >= 4 is 11.8 Å². The van der Waals surface area contributed by atoms with E-state index in [0.717, 1.165) is 31.0 Å². The SMILES string of the molecule is COCCOCCCC1CSCC1O. The molecule has 0 aromatic carbocycles. The molecular weight excluding hydrogens is 200 g/mol. The van der Waals surface area contributed by atoms with Crippen LogP contribution in [0.3, 0.4) is 0 Å². The Kier molecular flexibility index (Phi) is 6.60. The van der Waals surface area contributed by atoms with Gasteiger partial charge >= 0.3 is 0 Å². The first kappa shape index (κ1) is 12.3. The first-order valence-corrected chi connectivity index (χ1v) is 6.32. The summed E-state index contributed by atoms with van der Waals surface area (Å²) in [7, 11) is 1.68. The highest BCUT2D eigenvalue weighted by Gasteiger charge is 2.24. The molecule has 1 aliphatic heterocycles. The zero-order chi connectivity index (χ0) is 10.2. The van der Waals surface area contributed by atoms with Crippen LogP contribution in [0.15, 0.2) is 0 Å². The van der Waals surface area contributed by atoms with Crippen LogP contribution in [0, 0.1) is 5.92 Å². The molecule has 3 nitrogen and oxygen atoms in total. The number of rotatable bonds is 7. The van der Waals surface area contributed by atoms with E-state index in [9.17, 15) is 5.11 Å². The van der Waals surface area contributed by atoms with Crippen molar-refractivity contribution in [3.05, 3.63) is 0 Å². The molecule has 1 fully saturated rings. The van der Waals surface area contributed by atoms with Crippen LogP contribution in [-0.4, -0.2) is 49.6 Å². The first-order valence-electron chi connectivity index (χ1n) is 5.17. The summed E-state index contributed by atoms with van der Waals surface area (Å²) >= 11 is 1.85. The third-order valence-corrected chi connectivity index (χ3v) is 3.70. The van der Waals surface area contributed by atoms with Crippen molar-refractivity contribution in [2.75, 3.05) is 38.4 Å². The van der Waals surface area contributed by atoms with Crippen LogP contribution in [0.2, 0.25) is 0 Å². The summed E-state index contributed by atoms with van der Waals surface area (Å²) in [5, 5.41) is 9.55. The Bertz CT molecular complexity index is 143. The van der Waals surface area contributed by atoms with Gasteiger partial charge in [-0.3, -0.25) is 0 Å². The molecule has 0 bridgehead atoms. The van der Waals surface area contributed by atoms with Crippen molar-refractivity contribution in [2.45, 2.75) is 18.9 Å². The predicted molar refractivity (Wildman–Crippen MR) is 58.8 cm³/mol. The lowest BCUT2D eigenvalue weighted by Gasteiger charge is -2.12. The molecule has 1 heterocycles. The van der Waals surface area contributed by atoms with Crippen molar-refractivity contribution in [1.29, 1.82) is 0 Å². The highest BCUT2D eigenvalue weighted by atomic mass is 32.2. The highest BCUT2D eigenvalue weighted by molar-refractivity contribution is 7.99. The maximum Gasteiger partial charge on any atom is 0.0700 e. The van der Waals surface area contributed by atoms with Crippen LogP contribution in [0.4, 0.5) is 0 Å². The van der Waals surface area contributed by atoms with Gasteiger partial charge in [0.25, 0.3) is 0 Å². The molecule has 0 aromatic rings. The molecule has 1 saturated heterocycles. The molecule has 0 aromatic heterocycles. The third kappa shape index (κ3) is 4.64. The Morgan fingerprint density at radius 2 is 2.14 bits per heavy atom. The molecule has 14 heavy (non-hydrogen) atoms. The molecule has 0 aliphatic carbocycles. The quantitative estimate of drug-likeness (QED) is 0.653. The molecule has 1 N–H and O–H groups in total. The first-order chi connectivity index (χ1) is 6.84. The van der Waals surface area contributed by atoms with Gasteiger partial charge in [0.1, 0.15) is 0 Å². The van der Waals surface area contributed by atoms with Crippen LogP contribution in [0.5, 0.6) is 0 Å². The number of hydrogen-bond acceptors (Lipinski definition) is 4. The normalized spacial score (nSPS) is 27.0. The number of ether oxygens (including phenoxy) is 2. The smallest absolute Gasteiger partial charge is 0.0700 e. The van der Waals surface area contributed by atoms with E-state index < -0.39 is 0 Å². The lowest BCUT2D eigenvalue weighted by atomic mass is 10.0. The Morgan fingerprint density at radius 3 is 2.79 bits per heavy atom. The predicted octanol–water partition coefficient (Wildman–Crippen LogP) is 1.15. The molecular formula is C10H20O3S. The Labute approximate surface area is 90.2 Å². The standard InChI is InChI=1S/C10H20O3S/c1-12-5-6-13-4-2-3-9-7-14-8-10(9)11/h9-11H,2-8H2,1H3. The van der Waals surface area contributed by atoms with Gasteiger partial charge in [-0.15, -0.1) is 0 Å². The van der Waals surface area contributed by atoms with Crippen LogP contribution in [0.1, 0.15) is 12.8 Å². The average Bonchev–Trinajstić information content (AvgIpc) is 2.58. The van der Waals surface area contributed by atoms with Gasteiger partial charge in [0.05, 0.1) is 19.3 Å². The molecule has 0 spiro atoms. The summed E-state index contributed by atoms with van der Waals surface area (Å²) in [6, 6.07) is 0. The highest BCUT2D eigenvalue weighted by Crippen LogP contribution is 2.27. The Balaban J connectivity index is 1.88. The summed E-state index contributed by atoms with van der Waals surface area (Å²) in [6.45, 7) is 2.14. The number of methoxy groups -OCH3 is 1. The van der Waals surface area contributed by atoms with E-state index in [2.05, 4.69) is 0 Å². The van der Waals surface area contributed by atoms with Gasteiger partial charge in [-0.05, 0) is 24.5 Å². The van der Waals surface area contributed by atoms with Gasteiger partial charge in [-0.1, -0.05) is 0 Å². The number of aliphatic hydroxyl groups is 1. The summed E-state index contributed by atoms with van der Waals surface area (Å²) in [5.74, 6) is 2.51. The maximum atomic E-state index is 9.55. The summed E-state index contributed by atoms with van der Waals surface area (Å²) < 4.78 is 10.2. The van der Waals surface area contributed by atoms with Gasteiger partial charge < -0.3 is 14.6 Å². The Morgan fingerprint density at radius 1 is 1.29 bits per heavy atom. The molecule has 0 amide bonds. The second-order valence-corrected chi connectivity index (χ2v) is 4.69. The lowest BCUT2D eigenvalue weighted by Crippen LogP contribution is -2.18. The van der Waals surface area contributed by atoms with E-state index in [-0.39, 0.29) is 6.10 Å². The molecule has 0 radical (unpaired) electrons. The molecule has 2 atom stereocenters. The van der Waals surface area contributed by atoms with E-state index in [1.807, 2.05) is 11.8 Å². The average molecular weight is 220 g/mol. The molecule has 84 valence electrons. The monoisotopic (exact) mass is 220 g/mol. The van der Waals surface area contributed by atoms with E-state index in [0.29, 0.717) is 19.1 Å². The van der Waals surface area contributed by atoms with Gasteiger partial charge in [0.15, 0.2) is 0 Å². The minimum absolute atomic E-state index is 0.0843. The fourth-order valence-corrected chi connectivity index (χ4v) is 2.90. The molecule has 0 saturated carbocycles. The number of hydrogen-bond donors (Lipinski definition) is 1. The van der Waals surface area contributed by atoms with Crippen molar-refractivity contribution in [1.82, 2.24) is 0 Å². The Hall–Kier alpha value is 0.230. The van der Waals surface area contributed by atoms with Gasteiger partial charge in [-0.25, -0.2) is 0 Å². The van der Waals surface area contributed by atoms with E-state index >= 15 is 0 Å². The van der Waals surface area contributed by atoms with E-state index in [4.69, 9.17) is 9.47 Å². The number of thioether (sulfide) groups is 1. The lowest BCUT2D eigenvalue weighted by molar-refractivity contribution is 0.0637. The molecule has 1 aliphatic rings.